The van der Waals surface area contributed by atoms with Gasteiger partial charge in [-0.25, -0.2) is 4.79 Å². The van der Waals surface area contributed by atoms with E-state index in [-0.39, 0.29) is 23.9 Å². The Kier molecular flexibility index (Phi) is 7.44. The molecule has 1 fully saturated rings. The molecule has 1 aromatic carbocycles. The number of para-hydroxylation sites is 1. The highest BCUT2D eigenvalue weighted by Crippen LogP contribution is 2.13. The van der Waals surface area contributed by atoms with Crippen LogP contribution in [0.3, 0.4) is 0 Å². The molecule has 1 aliphatic heterocycles. The smallest absolute Gasteiger partial charge is 0.321 e. The molecule has 1 saturated heterocycles. The molecule has 0 spiro atoms. The first-order valence-corrected chi connectivity index (χ1v) is 9.18. The van der Waals surface area contributed by atoms with Crippen molar-refractivity contribution in [3.63, 3.8) is 0 Å². The molecule has 1 atom stereocenters. The van der Waals surface area contributed by atoms with Gasteiger partial charge in [0, 0.05) is 31.7 Å². The van der Waals surface area contributed by atoms with E-state index in [0.717, 1.165) is 12.1 Å². The fraction of sp³-hybridized carbons (Fsp3) is 0.526. The second-order valence-corrected chi connectivity index (χ2v) is 6.61. The van der Waals surface area contributed by atoms with Gasteiger partial charge in [-0.15, -0.1) is 0 Å². The summed E-state index contributed by atoms with van der Waals surface area (Å²) in [6.07, 6.45) is 2.83. The van der Waals surface area contributed by atoms with Gasteiger partial charge in [0.1, 0.15) is 6.04 Å². The quantitative estimate of drug-likeness (QED) is 0.726. The van der Waals surface area contributed by atoms with Crippen molar-refractivity contribution in [3.05, 3.63) is 30.3 Å². The number of nitrogens with zero attached hydrogens (tertiary/aromatic N) is 1. The van der Waals surface area contributed by atoms with E-state index >= 15 is 0 Å². The number of urea groups is 1. The summed E-state index contributed by atoms with van der Waals surface area (Å²) in [6, 6.07) is 8.76. The van der Waals surface area contributed by atoms with Crippen LogP contribution in [-0.4, -0.2) is 47.9 Å². The number of nitrogens with one attached hydrogen (secondary N) is 3. The van der Waals surface area contributed by atoms with Gasteiger partial charge < -0.3 is 20.9 Å². The molecular weight excluding hydrogens is 332 g/mol. The highest BCUT2D eigenvalue weighted by molar-refractivity contribution is 5.89. The Bertz CT molecular complexity index is 612. The van der Waals surface area contributed by atoms with Crippen LogP contribution in [0.15, 0.2) is 30.3 Å². The van der Waals surface area contributed by atoms with E-state index < -0.39 is 6.04 Å². The summed E-state index contributed by atoms with van der Waals surface area (Å²) >= 11 is 0. The molecule has 1 aromatic rings. The molecule has 0 radical (unpaired) electrons. The van der Waals surface area contributed by atoms with Gasteiger partial charge >= 0.3 is 6.03 Å². The summed E-state index contributed by atoms with van der Waals surface area (Å²) in [4.78, 5) is 37.7. The lowest BCUT2D eigenvalue weighted by molar-refractivity contribution is -0.128. The molecule has 7 nitrogen and oxygen atoms in total. The number of carbonyl (C=O) groups excluding carboxylic acids is 3. The van der Waals surface area contributed by atoms with Gasteiger partial charge in [-0.05, 0) is 31.4 Å². The fourth-order valence-corrected chi connectivity index (χ4v) is 3.06. The van der Waals surface area contributed by atoms with Crippen molar-refractivity contribution in [1.29, 1.82) is 0 Å². The molecule has 1 aliphatic rings. The fourth-order valence-electron chi connectivity index (χ4n) is 3.06. The number of hydrogen-bond donors (Lipinski definition) is 3. The first-order valence-electron chi connectivity index (χ1n) is 9.18. The first-order chi connectivity index (χ1) is 12.5. The van der Waals surface area contributed by atoms with Crippen molar-refractivity contribution in [2.45, 2.75) is 51.6 Å². The zero-order valence-electron chi connectivity index (χ0n) is 15.5. The molecule has 2 rings (SSSR count). The highest BCUT2D eigenvalue weighted by Gasteiger charge is 2.26. The Labute approximate surface area is 154 Å². The van der Waals surface area contributed by atoms with E-state index in [1.54, 1.807) is 4.90 Å². The van der Waals surface area contributed by atoms with Gasteiger partial charge in [0.05, 0.1) is 0 Å². The Morgan fingerprint density at radius 2 is 1.81 bits per heavy atom. The number of benzene rings is 1. The van der Waals surface area contributed by atoms with Crippen LogP contribution < -0.4 is 16.0 Å². The molecule has 0 aromatic heterocycles. The number of hydrogen-bond acceptors (Lipinski definition) is 3. The Morgan fingerprint density at radius 3 is 2.38 bits per heavy atom. The molecule has 142 valence electrons. The minimum atomic E-state index is -0.489. The van der Waals surface area contributed by atoms with Crippen LogP contribution in [0.1, 0.15) is 39.5 Å². The Hall–Kier alpha value is -2.57. The number of piperidine rings is 1. The molecule has 0 aliphatic carbocycles. The summed E-state index contributed by atoms with van der Waals surface area (Å²) < 4.78 is 0. The molecule has 26 heavy (non-hydrogen) atoms. The molecule has 1 unspecified atom stereocenters. The molecule has 0 bridgehead atoms. The van der Waals surface area contributed by atoms with Gasteiger partial charge in [-0.2, -0.15) is 0 Å². The van der Waals surface area contributed by atoms with Crippen LogP contribution in [-0.2, 0) is 9.59 Å². The Morgan fingerprint density at radius 1 is 1.15 bits per heavy atom. The second kappa shape index (κ2) is 9.79. The van der Waals surface area contributed by atoms with E-state index in [1.807, 2.05) is 37.3 Å². The zero-order valence-corrected chi connectivity index (χ0v) is 15.5. The van der Waals surface area contributed by atoms with Crippen molar-refractivity contribution in [2.24, 2.45) is 0 Å². The molecule has 0 saturated carbocycles. The van der Waals surface area contributed by atoms with Crippen LogP contribution in [0.2, 0.25) is 0 Å². The summed E-state index contributed by atoms with van der Waals surface area (Å²) in [7, 11) is 0. The van der Waals surface area contributed by atoms with Crippen LogP contribution >= 0.6 is 0 Å². The van der Waals surface area contributed by atoms with Crippen molar-refractivity contribution in [2.75, 3.05) is 18.4 Å². The lowest BCUT2D eigenvalue weighted by atomic mass is 10.0. The SMILES string of the molecule is CCCC(NC(C)=O)C(=O)NC1CCN(C(=O)Nc2ccccc2)CC1. The van der Waals surface area contributed by atoms with Crippen molar-refractivity contribution in [3.8, 4) is 0 Å². The average molecular weight is 360 g/mol. The largest absolute Gasteiger partial charge is 0.351 e. The summed E-state index contributed by atoms with van der Waals surface area (Å²) in [5, 5.41) is 8.58. The van der Waals surface area contributed by atoms with Gasteiger partial charge in [-0.3, -0.25) is 9.59 Å². The number of rotatable bonds is 6. The molecule has 1 heterocycles. The minimum Gasteiger partial charge on any atom is -0.351 e. The monoisotopic (exact) mass is 360 g/mol. The molecule has 4 amide bonds. The van der Waals surface area contributed by atoms with Crippen LogP contribution in [0.4, 0.5) is 10.5 Å². The number of carbonyl (C=O) groups is 3. The van der Waals surface area contributed by atoms with E-state index in [2.05, 4.69) is 16.0 Å². The van der Waals surface area contributed by atoms with Gasteiger partial charge in [0.15, 0.2) is 0 Å². The predicted octanol–water partition coefficient (Wildman–Crippen LogP) is 2.10. The highest BCUT2D eigenvalue weighted by atomic mass is 16.2. The van der Waals surface area contributed by atoms with Crippen molar-refractivity contribution >= 4 is 23.5 Å². The number of likely N-dealkylation sites (tertiary alicyclic amines) is 1. The third-order valence-corrected chi connectivity index (χ3v) is 4.42. The van der Waals surface area contributed by atoms with Crippen molar-refractivity contribution in [1.82, 2.24) is 15.5 Å². The predicted molar refractivity (Wildman–Crippen MR) is 101 cm³/mol. The maximum atomic E-state index is 12.4. The lowest BCUT2D eigenvalue weighted by Crippen LogP contribution is -2.52. The lowest BCUT2D eigenvalue weighted by Gasteiger charge is -2.33. The maximum Gasteiger partial charge on any atom is 0.321 e. The van der Waals surface area contributed by atoms with Gasteiger partial charge in [-0.1, -0.05) is 31.5 Å². The third kappa shape index (κ3) is 6.06. The topological polar surface area (TPSA) is 90.5 Å². The van der Waals surface area contributed by atoms with E-state index in [9.17, 15) is 14.4 Å². The van der Waals surface area contributed by atoms with Crippen LogP contribution in [0.5, 0.6) is 0 Å². The van der Waals surface area contributed by atoms with Crippen molar-refractivity contribution < 1.29 is 14.4 Å². The number of amides is 4. The van der Waals surface area contributed by atoms with Crippen LogP contribution in [0.25, 0.3) is 0 Å². The van der Waals surface area contributed by atoms with Gasteiger partial charge in [0.2, 0.25) is 11.8 Å². The molecule has 3 N–H and O–H groups in total. The third-order valence-electron chi connectivity index (χ3n) is 4.42. The van der Waals surface area contributed by atoms with Gasteiger partial charge in [0.25, 0.3) is 0 Å². The maximum absolute atomic E-state index is 12.4. The summed E-state index contributed by atoms with van der Waals surface area (Å²) in [5.74, 6) is -0.347. The number of anilines is 1. The Balaban J connectivity index is 1.79. The zero-order chi connectivity index (χ0) is 18.9. The first kappa shape index (κ1) is 19.8. The molecular formula is C19H28N4O3. The standard InChI is InChI=1S/C19H28N4O3/c1-3-7-17(20-14(2)24)18(25)21-16-10-12-23(13-11-16)19(26)22-15-8-5-4-6-9-15/h4-6,8-9,16-17H,3,7,10-13H2,1-2H3,(H,20,24)(H,21,25)(H,22,26). The average Bonchev–Trinajstić information content (AvgIpc) is 2.62. The summed E-state index contributed by atoms with van der Waals surface area (Å²) in [6.45, 7) is 4.57. The van der Waals surface area contributed by atoms with Crippen LogP contribution in [0, 0.1) is 0 Å². The van der Waals surface area contributed by atoms with E-state index in [4.69, 9.17) is 0 Å². The minimum absolute atomic E-state index is 0.0244. The molecule has 7 heteroatoms. The van der Waals surface area contributed by atoms with E-state index in [1.165, 1.54) is 6.92 Å². The second-order valence-electron chi connectivity index (χ2n) is 6.61. The summed E-state index contributed by atoms with van der Waals surface area (Å²) in [5.41, 5.74) is 0.769. The van der Waals surface area contributed by atoms with E-state index in [0.29, 0.717) is 32.4 Å². The normalized spacial score (nSPS) is 15.8.